The third-order valence-electron chi connectivity index (χ3n) is 5.70. The van der Waals surface area contributed by atoms with Crippen LogP contribution in [-0.2, 0) is 6.42 Å². The zero-order valence-corrected chi connectivity index (χ0v) is 15.3. The average molecular weight is 381 g/mol. The Hall–Kier alpha value is -3.02. The molecule has 6 heteroatoms. The van der Waals surface area contributed by atoms with Gasteiger partial charge in [-0.1, -0.05) is 31.1 Å². The summed E-state index contributed by atoms with van der Waals surface area (Å²) in [7, 11) is 0. The number of amides is 1. The minimum Gasteiger partial charge on any atom is -0.370 e. The second-order valence-electron chi connectivity index (χ2n) is 7.61. The molecule has 1 amide bonds. The topological polar surface area (TPSA) is 81.5 Å². The number of allylic oxidation sites excluding steroid dienone is 1. The standard InChI is InChI=1S/C22H21F2N3O/c23-17-4-3-5-18(24)19(17)16-12-22(8-1-2-9-22)11-14-7-6-13(10-15(14)16)20(28)27-21(25)26/h3-7,10,12H,1-2,8-9,11H2,(H4,25,26,27,28). The summed E-state index contributed by atoms with van der Waals surface area (Å²) >= 11 is 0. The summed E-state index contributed by atoms with van der Waals surface area (Å²) in [5.74, 6) is -2.15. The van der Waals surface area contributed by atoms with Crippen molar-refractivity contribution < 1.29 is 13.6 Å². The Balaban J connectivity index is 1.91. The SMILES string of the molecule is NC(N)=NC(=O)c1ccc2c(c1)C(c1c(F)cccc1F)=CC1(CCCC1)C2. The molecule has 0 unspecified atom stereocenters. The Bertz CT molecular complexity index is 996. The fourth-order valence-corrected chi connectivity index (χ4v) is 4.47. The molecule has 4 nitrogen and oxygen atoms in total. The third kappa shape index (κ3) is 3.19. The molecule has 4 rings (SSSR count). The minimum atomic E-state index is -0.617. The number of nitrogens with zero attached hydrogens (tertiary/aromatic N) is 1. The number of nitrogens with two attached hydrogens (primary N) is 2. The van der Waals surface area contributed by atoms with Crippen molar-refractivity contribution in [2.75, 3.05) is 0 Å². The maximum absolute atomic E-state index is 14.6. The molecule has 4 N–H and O–H groups in total. The Labute approximate surface area is 162 Å². The Morgan fingerprint density at radius 3 is 2.36 bits per heavy atom. The van der Waals surface area contributed by atoms with Crippen LogP contribution in [-0.4, -0.2) is 11.9 Å². The molecule has 1 spiro atoms. The van der Waals surface area contributed by atoms with Crippen LogP contribution in [0.4, 0.5) is 8.78 Å². The zero-order valence-electron chi connectivity index (χ0n) is 15.3. The fraction of sp³-hybridized carbons (Fsp3) is 0.273. The number of benzene rings is 2. The van der Waals surface area contributed by atoms with E-state index in [0.717, 1.165) is 37.7 Å². The van der Waals surface area contributed by atoms with Crippen molar-refractivity contribution in [3.8, 4) is 0 Å². The first-order valence-corrected chi connectivity index (χ1v) is 9.33. The van der Waals surface area contributed by atoms with Crippen LogP contribution in [0.1, 0.15) is 52.7 Å². The van der Waals surface area contributed by atoms with E-state index in [1.165, 1.54) is 18.2 Å². The molecule has 0 atom stereocenters. The molecule has 0 saturated heterocycles. The van der Waals surface area contributed by atoms with Crippen molar-refractivity contribution in [1.82, 2.24) is 0 Å². The van der Waals surface area contributed by atoms with Crippen LogP contribution >= 0.6 is 0 Å². The van der Waals surface area contributed by atoms with Gasteiger partial charge in [0.15, 0.2) is 5.96 Å². The molecule has 144 valence electrons. The van der Waals surface area contributed by atoms with E-state index in [2.05, 4.69) is 4.99 Å². The number of hydrogen-bond acceptors (Lipinski definition) is 1. The van der Waals surface area contributed by atoms with Crippen molar-refractivity contribution in [2.24, 2.45) is 21.9 Å². The molecule has 1 fully saturated rings. The molecule has 2 aliphatic carbocycles. The van der Waals surface area contributed by atoms with E-state index in [1.807, 2.05) is 12.1 Å². The maximum Gasteiger partial charge on any atom is 0.280 e. The highest BCUT2D eigenvalue weighted by atomic mass is 19.1. The molecule has 2 aromatic carbocycles. The molecule has 0 bridgehead atoms. The van der Waals surface area contributed by atoms with E-state index in [0.29, 0.717) is 11.1 Å². The summed E-state index contributed by atoms with van der Waals surface area (Å²) in [5.41, 5.74) is 12.9. The van der Waals surface area contributed by atoms with Crippen LogP contribution in [0.25, 0.3) is 5.57 Å². The zero-order chi connectivity index (χ0) is 19.9. The molecule has 1 saturated carbocycles. The summed E-state index contributed by atoms with van der Waals surface area (Å²) in [6.07, 6.45) is 6.97. The van der Waals surface area contributed by atoms with Crippen LogP contribution in [0, 0.1) is 17.0 Å². The van der Waals surface area contributed by atoms with Gasteiger partial charge in [-0.15, -0.1) is 0 Å². The van der Waals surface area contributed by atoms with Crippen LogP contribution in [0.3, 0.4) is 0 Å². The number of halogens is 2. The molecular weight excluding hydrogens is 360 g/mol. The van der Waals surface area contributed by atoms with Gasteiger partial charge in [-0.25, -0.2) is 8.78 Å². The van der Waals surface area contributed by atoms with Crippen LogP contribution < -0.4 is 11.5 Å². The number of carbonyl (C=O) groups excluding carboxylic acids is 1. The third-order valence-corrected chi connectivity index (χ3v) is 5.70. The van der Waals surface area contributed by atoms with E-state index in [4.69, 9.17) is 11.5 Å². The predicted molar refractivity (Wildman–Crippen MR) is 105 cm³/mol. The van der Waals surface area contributed by atoms with E-state index < -0.39 is 17.5 Å². The van der Waals surface area contributed by atoms with Gasteiger partial charge in [0.1, 0.15) is 11.6 Å². The summed E-state index contributed by atoms with van der Waals surface area (Å²) < 4.78 is 29.3. The minimum absolute atomic E-state index is 0.0545. The lowest BCUT2D eigenvalue weighted by atomic mass is 9.71. The van der Waals surface area contributed by atoms with Crippen molar-refractivity contribution in [1.29, 1.82) is 0 Å². The largest absolute Gasteiger partial charge is 0.370 e. The maximum atomic E-state index is 14.6. The Kier molecular flexibility index (Phi) is 4.49. The smallest absolute Gasteiger partial charge is 0.280 e. The van der Waals surface area contributed by atoms with E-state index >= 15 is 0 Å². The van der Waals surface area contributed by atoms with E-state index in [1.54, 1.807) is 12.1 Å². The van der Waals surface area contributed by atoms with E-state index in [-0.39, 0.29) is 22.5 Å². The first kappa shape index (κ1) is 18.3. The van der Waals surface area contributed by atoms with Gasteiger partial charge in [0.05, 0.1) is 5.56 Å². The highest BCUT2D eigenvalue weighted by Crippen LogP contribution is 2.49. The van der Waals surface area contributed by atoms with Crippen LogP contribution in [0.2, 0.25) is 0 Å². The second kappa shape index (κ2) is 6.86. The number of rotatable bonds is 2. The van der Waals surface area contributed by atoms with Crippen LogP contribution in [0.15, 0.2) is 47.5 Å². The van der Waals surface area contributed by atoms with Crippen molar-refractivity contribution in [3.63, 3.8) is 0 Å². The molecule has 0 radical (unpaired) electrons. The Morgan fingerprint density at radius 1 is 1.04 bits per heavy atom. The van der Waals surface area contributed by atoms with Gasteiger partial charge in [-0.05, 0) is 65.6 Å². The molecule has 0 aliphatic heterocycles. The first-order chi connectivity index (χ1) is 13.4. The molecule has 0 heterocycles. The van der Waals surface area contributed by atoms with Crippen molar-refractivity contribution >= 4 is 17.4 Å². The lowest BCUT2D eigenvalue weighted by Gasteiger charge is -2.33. The highest BCUT2D eigenvalue weighted by molar-refractivity contribution is 6.02. The second-order valence-corrected chi connectivity index (χ2v) is 7.61. The van der Waals surface area contributed by atoms with Crippen molar-refractivity contribution in [3.05, 3.63) is 76.4 Å². The first-order valence-electron chi connectivity index (χ1n) is 9.33. The fourth-order valence-electron chi connectivity index (χ4n) is 4.47. The number of guanidine groups is 1. The summed E-state index contributed by atoms with van der Waals surface area (Å²) in [4.78, 5) is 15.8. The molecule has 2 aliphatic rings. The summed E-state index contributed by atoms with van der Waals surface area (Å²) in [5, 5.41) is 0. The lowest BCUT2D eigenvalue weighted by Crippen LogP contribution is -2.25. The van der Waals surface area contributed by atoms with Gasteiger partial charge in [0.2, 0.25) is 0 Å². The van der Waals surface area contributed by atoms with E-state index in [9.17, 15) is 13.6 Å². The quantitative estimate of drug-likeness (QED) is 0.611. The van der Waals surface area contributed by atoms with Crippen LogP contribution in [0.5, 0.6) is 0 Å². The normalized spacial score (nSPS) is 17.1. The van der Waals surface area contributed by atoms with Gasteiger partial charge in [-0.3, -0.25) is 4.79 Å². The number of aliphatic imine (C=N–C) groups is 1. The Morgan fingerprint density at radius 2 is 1.71 bits per heavy atom. The summed E-state index contributed by atoms with van der Waals surface area (Å²) in [6.45, 7) is 0. The van der Waals surface area contributed by atoms with Crippen molar-refractivity contribution in [2.45, 2.75) is 32.1 Å². The summed E-state index contributed by atoms with van der Waals surface area (Å²) in [6, 6.07) is 8.99. The lowest BCUT2D eigenvalue weighted by molar-refractivity contribution is 0.100. The van der Waals surface area contributed by atoms with Gasteiger partial charge >= 0.3 is 0 Å². The molecule has 0 aromatic heterocycles. The highest BCUT2D eigenvalue weighted by Gasteiger charge is 2.37. The van der Waals surface area contributed by atoms with Gasteiger partial charge in [0, 0.05) is 5.56 Å². The predicted octanol–water partition coefficient (Wildman–Crippen LogP) is 3.93. The van der Waals surface area contributed by atoms with Gasteiger partial charge in [0.25, 0.3) is 5.91 Å². The number of fused-ring (bicyclic) bond motifs is 1. The number of hydrogen-bond donors (Lipinski definition) is 2. The molecule has 2 aromatic rings. The molecule has 28 heavy (non-hydrogen) atoms. The molecular formula is C22H21F2N3O. The van der Waals surface area contributed by atoms with Gasteiger partial charge < -0.3 is 11.5 Å². The van der Waals surface area contributed by atoms with Gasteiger partial charge in [-0.2, -0.15) is 4.99 Å². The monoisotopic (exact) mass is 381 g/mol. The number of carbonyl (C=O) groups is 1. The average Bonchev–Trinajstić information content (AvgIpc) is 3.08.